The Labute approximate surface area is 250 Å². The highest BCUT2D eigenvalue weighted by Crippen LogP contribution is 2.47. The predicted octanol–water partition coefficient (Wildman–Crippen LogP) is 12.3. The molecule has 0 bridgehead atoms. The second-order valence-corrected chi connectivity index (χ2v) is 12.3. The molecule has 200 valence electrons. The van der Waals surface area contributed by atoms with Crippen molar-refractivity contribution < 1.29 is 8.83 Å². The van der Waals surface area contributed by atoms with Gasteiger partial charge >= 0.3 is 0 Å². The van der Waals surface area contributed by atoms with Crippen LogP contribution in [0.5, 0.6) is 0 Å². The predicted molar refractivity (Wildman–Crippen MR) is 182 cm³/mol. The fourth-order valence-corrected chi connectivity index (χ4v) is 8.21. The molecule has 43 heavy (non-hydrogen) atoms. The molecule has 3 heterocycles. The molecule has 7 aromatic carbocycles. The summed E-state index contributed by atoms with van der Waals surface area (Å²) in [5, 5.41) is 10.8. The van der Waals surface area contributed by atoms with Crippen LogP contribution >= 0.6 is 11.3 Å². The largest absolute Gasteiger partial charge is 0.464 e. The van der Waals surface area contributed by atoms with Crippen LogP contribution < -0.4 is 0 Å². The Morgan fingerprint density at radius 3 is 1.91 bits per heavy atom. The van der Waals surface area contributed by atoms with Gasteiger partial charge in [-0.2, -0.15) is 0 Å². The highest BCUT2D eigenvalue weighted by molar-refractivity contribution is 7.25. The fourth-order valence-electron chi connectivity index (χ4n) is 7.06. The zero-order chi connectivity index (χ0) is 28.1. The summed E-state index contributed by atoms with van der Waals surface area (Å²) in [6, 6.07) is 46.0. The van der Waals surface area contributed by atoms with Crippen molar-refractivity contribution in [3.8, 4) is 22.3 Å². The summed E-state index contributed by atoms with van der Waals surface area (Å²) in [5.74, 6) is 0. The molecule has 0 aliphatic heterocycles. The lowest BCUT2D eigenvalue weighted by Gasteiger charge is -2.18. The number of fused-ring (bicyclic) bond motifs is 9. The van der Waals surface area contributed by atoms with Crippen molar-refractivity contribution in [1.82, 2.24) is 0 Å². The van der Waals surface area contributed by atoms with Crippen molar-refractivity contribution in [2.24, 2.45) is 0 Å². The zero-order valence-corrected chi connectivity index (χ0v) is 23.7. The van der Waals surface area contributed by atoms with E-state index in [1.807, 2.05) is 17.4 Å². The van der Waals surface area contributed by atoms with Crippen LogP contribution in [0.25, 0.3) is 96.9 Å². The van der Waals surface area contributed by atoms with Crippen LogP contribution in [0.2, 0.25) is 0 Å². The third-order valence-corrected chi connectivity index (χ3v) is 10.1. The molecule has 2 nitrogen and oxygen atoms in total. The van der Waals surface area contributed by atoms with Gasteiger partial charge in [0, 0.05) is 47.5 Å². The maximum Gasteiger partial charge on any atom is 0.143 e. The molecular weight excluding hydrogens is 545 g/mol. The first-order valence-corrected chi connectivity index (χ1v) is 15.3. The lowest BCUT2D eigenvalue weighted by atomic mass is 9.85. The van der Waals surface area contributed by atoms with E-state index in [4.69, 9.17) is 8.83 Å². The number of benzene rings is 7. The molecule has 0 fully saturated rings. The molecule has 0 amide bonds. The van der Waals surface area contributed by atoms with E-state index in [1.165, 1.54) is 58.4 Å². The highest BCUT2D eigenvalue weighted by Gasteiger charge is 2.21. The molecule has 0 N–H and O–H groups in total. The van der Waals surface area contributed by atoms with Gasteiger partial charge in [-0.25, -0.2) is 0 Å². The third-order valence-electron chi connectivity index (χ3n) is 8.94. The Morgan fingerprint density at radius 2 is 1.12 bits per heavy atom. The first-order chi connectivity index (χ1) is 21.3. The lowest BCUT2D eigenvalue weighted by Crippen LogP contribution is -1.91. The van der Waals surface area contributed by atoms with E-state index in [9.17, 15) is 0 Å². The van der Waals surface area contributed by atoms with Gasteiger partial charge in [-0.15, -0.1) is 11.3 Å². The van der Waals surface area contributed by atoms with Gasteiger partial charge in [0.1, 0.15) is 16.7 Å². The van der Waals surface area contributed by atoms with Gasteiger partial charge in [0.25, 0.3) is 0 Å². The Hall–Kier alpha value is -5.38. The summed E-state index contributed by atoms with van der Waals surface area (Å²) in [4.78, 5) is 0. The van der Waals surface area contributed by atoms with Crippen LogP contribution in [0.1, 0.15) is 0 Å². The van der Waals surface area contributed by atoms with E-state index in [0.29, 0.717) is 0 Å². The molecule has 0 aliphatic carbocycles. The minimum Gasteiger partial charge on any atom is -0.464 e. The van der Waals surface area contributed by atoms with Crippen LogP contribution in [0, 0.1) is 0 Å². The third kappa shape index (κ3) is 3.23. The van der Waals surface area contributed by atoms with E-state index < -0.39 is 0 Å². The van der Waals surface area contributed by atoms with E-state index in [0.717, 1.165) is 38.5 Å². The summed E-state index contributed by atoms with van der Waals surface area (Å²) in [5.41, 5.74) is 7.46. The Kier molecular flexibility index (Phi) is 4.63. The number of thiophene rings is 1. The minimum atomic E-state index is 0.872. The molecule has 0 saturated carbocycles. The molecule has 10 aromatic rings. The van der Waals surface area contributed by atoms with E-state index >= 15 is 0 Å². The standard InChI is InChI=1S/C40H22O2S/c1-3-11-29-27(9-1)38(24-16-17-26-25-8-5-6-15-36(25)43-37(26)21-24)28-10-2-4-12-30(28)39(29)32-14-7-13-31-33-22-34-23(18-19-41-34)20-35(33)42-40(31)32/h1-22H. The number of rotatable bonds is 2. The Balaban J connectivity index is 1.30. The first-order valence-electron chi connectivity index (χ1n) is 14.5. The number of para-hydroxylation sites is 1. The number of furan rings is 2. The number of hydrogen-bond acceptors (Lipinski definition) is 3. The molecule has 0 saturated heterocycles. The zero-order valence-electron chi connectivity index (χ0n) is 22.9. The Bertz CT molecular complexity index is 2680. The normalized spacial score (nSPS) is 12.2. The summed E-state index contributed by atoms with van der Waals surface area (Å²) in [6.45, 7) is 0. The van der Waals surface area contributed by atoms with Crippen molar-refractivity contribution in [3.05, 3.63) is 134 Å². The molecule has 0 atom stereocenters. The molecule has 0 unspecified atom stereocenters. The van der Waals surface area contributed by atoms with Crippen molar-refractivity contribution >= 4 is 86.0 Å². The Morgan fingerprint density at radius 1 is 0.442 bits per heavy atom. The van der Waals surface area contributed by atoms with Crippen LogP contribution in [0.3, 0.4) is 0 Å². The van der Waals surface area contributed by atoms with Gasteiger partial charge in [0.2, 0.25) is 0 Å². The molecule has 3 heteroatoms. The van der Waals surface area contributed by atoms with Crippen molar-refractivity contribution in [2.75, 3.05) is 0 Å². The maximum atomic E-state index is 6.66. The lowest BCUT2D eigenvalue weighted by molar-refractivity contribution is 0.616. The maximum absolute atomic E-state index is 6.66. The average molecular weight is 567 g/mol. The van der Waals surface area contributed by atoms with Crippen LogP contribution in [0.4, 0.5) is 0 Å². The molecule has 3 aromatic heterocycles. The summed E-state index contributed by atoms with van der Waals surface area (Å²) >= 11 is 1.87. The van der Waals surface area contributed by atoms with Gasteiger partial charge in [-0.05, 0) is 63.0 Å². The van der Waals surface area contributed by atoms with Gasteiger partial charge in [0.15, 0.2) is 0 Å². The van der Waals surface area contributed by atoms with Gasteiger partial charge in [-0.1, -0.05) is 97.1 Å². The smallest absolute Gasteiger partial charge is 0.143 e. The van der Waals surface area contributed by atoms with Crippen molar-refractivity contribution in [1.29, 1.82) is 0 Å². The minimum absolute atomic E-state index is 0.872. The molecular formula is C40H22O2S. The molecule has 0 radical (unpaired) electrons. The van der Waals surface area contributed by atoms with Gasteiger partial charge < -0.3 is 8.83 Å². The monoisotopic (exact) mass is 566 g/mol. The fraction of sp³-hybridized carbons (Fsp3) is 0. The second kappa shape index (κ2) is 8.57. The van der Waals surface area contributed by atoms with Gasteiger partial charge in [-0.3, -0.25) is 0 Å². The van der Waals surface area contributed by atoms with Crippen molar-refractivity contribution in [2.45, 2.75) is 0 Å². The van der Waals surface area contributed by atoms with Gasteiger partial charge in [0.05, 0.1) is 6.26 Å². The SMILES string of the molecule is c1ccc2c(c1)sc1cc(-c3c4ccccc4c(-c4cccc5c4oc4cc6ccoc6cc45)c4ccccc34)ccc12. The van der Waals surface area contributed by atoms with Crippen LogP contribution in [0.15, 0.2) is 142 Å². The van der Waals surface area contributed by atoms with E-state index in [1.54, 1.807) is 6.26 Å². The summed E-state index contributed by atoms with van der Waals surface area (Å²) in [6.07, 6.45) is 1.73. The number of hydrogen-bond donors (Lipinski definition) is 0. The second-order valence-electron chi connectivity index (χ2n) is 11.2. The van der Waals surface area contributed by atoms with E-state index in [-0.39, 0.29) is 0 Å². The molecule has 0 aliphatic rings. The van der Waals surface area contributed by atoms with Crippen LogP contribution in [-0.2, 0) is 0 Å². The van der Waals surface area contributed by atoms with Crippen LogP contribution in [-0.4, -0.2) is 0 Å². The molecule has 10 rings (SSSR count). The summed E-state index contributed by atoms with van der Waals surface area (Å²) < 4.78 is 15.0. The quantitative estimate of drug-likeness (QED) is 0.195. The molecule has 0 spiro atoms. The van der Waals surface area contributed by atoms with Crippen molar-refractivity contribution in [3.63, 3.8) is 0 Å². The topological polar surface area (TPSA) is 26.3 Å². The highest BCUT2D eigenvalue weighted by atomic mass is 32.1. The van der Waals surface area contributed by atoms with E-state index in [2.05, 4.69) is 121 Å². The average Bonchev–Trinajstić information content (AvgIpc) is 3.77. The first kappa shape index (κ1) is 23.2. The summed E-state index contributed by atoms with van der Waals surface area (Å²) in [7, 11) is 0.